The Morgan fingerprint density at radius 2 is 2.09 bits per heavy atom. The van der Waals surface area contributed by atoms with Crippen molar-refractivity contribution in [2.75, 3.05) is 46.2 Å². The summed E-state index contributed by atoms with van der Waals surface area (Å²) in [6, 6.07) is 7.31. The molecule has 0 spiro atoms. The number of carbonyl (C=O) groups excluding carboxylic acids is 2. The Bertz CT molecular complexity index is 545. The van der Waals surface area contributed by atoms with E-state index in [9.17, 15) is 9.59 Å². The fraction of sp³-hybridized carbons (Fsp3) is 0.500. The standard InChI is InChI=1S/C16H23N3O3/c1-18(2)16(21)12-8-9-19(10-12)11-15(20)17-13-6-4-5-7-14(13)22-3/h4-7,12H,8-11H2,1-3H3,(H,17,20). The van der Waals surface area contributed by atoms with Gasteiger partial charge in [-0.3, -0.25) is 14.5 Å². The Kier molecular flexibility index (Phi) is 5.38. The molecule has 1 aromatic rings. The summed E-state index contributed by atoms with van der Waals surface area (Å²) >= 11 is 0. The molecule has 1 aliphatic rings. The van der Waals surface area contributed by atoms with Crippen LogP contribution in [0.25, 0.3) is 0 Å². The lowest BCUT2D eigenvalue weighted by molar-refractivity contribution is -0.132. The Balaban J connectivity index is 1.87. The van der Waals surface area contributed by atoms with Crippen molar-refractivity contribution in [3.8, 4) is 5.75 Å². The van der Waals surface area contributed by atoms with E-state index in [2.05, 4.69) is 5.32 Å². The molecule has 1 N–H and O–H groups in total. The summed E-state index contributed by atoms with van der Waals surface area (Å²) < 4.78 is 5.21. The van der Waals surface area contributed by atoms with Crippen molar-refractivity contribution in [2.24, 2.45) is 5.92 Å². The lowest BCUT2D eigenvalue weighted by atomic mass is 10.1. The van der Waals surface area contributed by atoms with Crippen LogP contribution in [0.2, 0.25) is 0 Å². The number of amides is 2. The van der Waals surface area contributed by atoms with Gasteiger partial charge in [-0.25, -0.2) is 0 Å². The predicted molar refractivity (Wildman–Crippen MR) is 84.9 cm³/mol. The first-order valence-corrected chi connectivity index (χ1v) is 7.37. The number of carbonyl (C=O) groups is 2. The number of hydrogen-bond acceptors (Lipinski definition) is 4. The van der Waals surface area contributed by atoms with Gasteiger partial charge in [-0.15, -0.1) is 0 Å². The Labute approximate surface area is 131 Å². The Morgan fingerprint density at radius 1 is 1.36 bits per heavy atom. The number of benzene rings is 1. The van der Waals surface area contributed by atoms with Gasteiger partial charge in [-0.1, -0.05) is 12.1 Å². The number of nitrogens with zero attached hydrogens (tertiary/aromatic N) is 2. The number of methoxy groups -OCH3 is 1. The van der Waals surface area contributed by atoms with Crippen molar-refractivity contribution in [1.82, 2.24) is 9.80 Å². The lowest BCUT2D eigenvalue weighted by Gasteiger charge is -2.18. The van der Waals surface area contributed by atoms with E-state index < -0.39 is 0 Å². The van der Waals surface area contributed by atoms with Gasteiger partial charge in [0.25, 0.3) is 0 Å². The highest BCUT2D eigenvalue weighted by molar-refractivity contribution is 5.93. The molecular formula is C16H23N3O3. The van der Waals surface area contributed by atoms with Crippen LogP contribution in [0.4, 0.5) is 5.69 Å². The van der Waals surface area contributed by atoms with E-state index in [-0.39, 0.29) is 24.3 Å². The van der Waals surface area contributed by atoms with Crippen LogP contribution < -0.4 is 10.1 Å². The summed E-state index contributed by atoms with van der Waals surface area (Å²) in [6.07, 6.45) is 0.805. The SMILES string of the molecule is COc1ccccc1NC(=O)CN1CCC(C(=O)N(C)C)C1. The monoisotopic (exact) mass is 305 g/mol. The number of nitrogens with one attached hydrogen (secondary N) is 1. The maximum atomic E-state index is 12.1. The van der Waals surface area contributed by atoms with E-state index in [1.165, 1.54) is 0 Å². The summed E-state index contributed by atoms with van der Waals surface area (Å²) in [5.74, 6) is 0.669. The number of likely N-dealkylation sites (tertiary alicyclic amines) is 1. The van der Waals surface area contributed by atoms with Gasteiger partial charge in [0.15, 0.2) is 0 Å². The molecule has 1 aliphatic heterocycles. The number of hydrogen-bond donors (Lipinski definition) is 1. The number of ether oxygens (including phenoxy) is 1. The van der Waals surface area contributed by atoms with Gasteiger partial charge in [0.2, 0.25) is 11.8 Å². The summed E-state index contributed by atoms with van der Waals surface area (Å²) in [7, 11) is 5.10. The summed E-state index contributed by atoms with van der Waals surface area (Å²) in [6.45, 7) is 1.69. The van der Waals surface area contributed by atoms with Crippen LogP contribution in [-0.2, 0) is 9.59 Å². The van der Waals surface area contributed by atoms with Gasteiger partial charge < -0.3 is 15.0 Å². The second-order valence-electron chi connectivity index (χ2n) is 5.70. The minimum Gasteiger partial charge on any atom is -0.495 e. The molecular weight excluding hydrogens is 282 g/mol. The minimum absolute atomic E-state index is 0.00550. The smallest absolute Gasteiger partial charge is 0.238 e. The topological polar surface area (TPSA) is 61.9 Å². The first-order valence-electron chi connectivity index (χ1n) is 7.37. The third-order valence-electron chi connectivity index (χ3n) is 3.81. The molecule has 1 saturated heterocycles. The normalized spacial score (nSPS) is 18.0. The highest BCUT2D eigenvalue weighted by Crippen LogP contribution is 2.23. The summed E-state index contributed by atoms with van der Waals surface area (Å²) in [5, 5.41) is 2.85. The second kappa shape index (κ2) is 7.26. The first kappa shape index (κ1) is 16.3. The van der Waals surface area contributed by atoms with E-state index in [0.29, 0.717) is 18.0 Å². The molecule has 0 saturated carbocycles. The quantitative estimate of drug-likeness (QED) is 0.883. The molecule has 0 bridgehead atoms. The van der Waals surface area contributed by atoms with E-state index in [1.54, 1.807) is 38.2 Å². The highest BCUT2D eigenvalue weighted by Gasteiger charge is 2.30. The number of para-hydroxylation sites is 2. The Morgan fingerprint density at radius 3 is 2.77 bits per heavy atom. The van der Waals surface area contributed by atoms with E-state index in [1.807, 2.05) is 17.0 Å². The predicted octanol–water partition coefficient (Wildman–Crippen LogP) is 1.04. The lowest BCUT2D eigenvalue weighted by Crippen LogP contribution is -2.35. The van der Waals surface area contributed by atoms with E-state index in [4.69, 9.17) is 4.74 Å². The molecule has 1 fully saturated rings. The highest BCUT2D eigenvalue weighted by atomic mass is 16.5. The molecule has 2 amide bonds. The van der Waals surface area contributed by atoms with Crippen LogP contribution in [0.5, 0.6) is 5.75 Å². The van der Waals surface area contributed by atoms with E-state index >= 15 is 0 Å². The van der Waals surface area contributed by atoms with Gasteiger partial charge in [-0.05, 0) is 25.1 Å². The third kappa shape index (κ3) is 3.98. The van der Waals surface area contributed by atoms with Crippen molar-refractivity contribution in [1.29, 1.82) is 0 Å². The van der Waals surface area contributed by atoms with Crippen LogP contribution in [0, 0.1) is 5.92 Å². The molecule has 120 valence electrons. The molecule has 1 heterocycles. The first-order chi connectivity index (χ1) is 10.5. The van der Waals surface area contributed by atoms with Crippen molar-refractivity contribution >= 4 is 17.5 Å². The Hall–Kier alpha value is -2.08. The van der Waals surface area contributed by atoms with Crippen LogP contribution in [0.1, 0.15) is 6.42 Å². The molecule has 22 heavy (non-hydrogen) atoms. The van der Waals surface area contributed by atoms with Crippen molar-refractivity contribution in [2.45, 2.75) is 6.42 Å². The van der Waals surface area contributed by atoms with Gasteiger partial charge >= 0.3 is 0 Å². The summed E-state index contributed by atoms with van der Waals surface area (Å²) in [4.78, 5) is 27.7. The van der Waals surface area contributed by atoms with E-state index in [0.717, 1.165) is 13.0 Å². The zero-order valence-corrected chi connectivity index (χ0v) is 13.3. The zero-order valence-electron chi connectivity index (χ0n) is 13.3. The van der Waals surface area contributed by atoms with Crippen LogP contribution in [-0.4, -0.2) is 62.5 Å². The molecule has 6 heteroatoms. The van der Waals surface area contributed by atoms with Crippen molar-refractivity contribution in [3.63, 3.8) is 0 Å². The van der Waals surface area contributed by atoms with Gasteiger partial charge in [-0.2, -0.15) is 0 Å². The van der Waals surface area contributed by atoms with Crippen LogP contribution in [0.15, 0.2) is 24.3 Å². The maximum Gasteiger partial charge on any atom is 0.238 e. The molecule has 1 unspecified atom stereocenters. The zero-order chi connectivity index (χ0) is 16.1. The molecule has 0 radical (unpaired) electrons. The third-order valence-corrected chi connectivity index (χ3v) is 3.81. The average Bonchev–Trinajstić information content (AvgIpc) is 2.95. The maximum absolute atomic E-state index is 12.1. The van der Waals surface area contributed by atoms with Gasteiger partial charge in [0.1, 0.15) is 5.75 Å². The van der Waals surface area contributed by atoms with Gasteiger partial charge in [0, 0.05) is 20.6 Å². The molecule has 0 aliphatic carbocycles. The largest absolute Gasteiger partial charge is 0.495 e. The van der Waals surface area contributed by atoms with Crippen LogP contribution in [0.3, 0.4) is 0 Å². The fourth-order valence-electron chi connectivity index (χ4n) is 2.68. The minimum atomic E-state index is -0.0950. The summed E-state index contributed by atoms with van der Waals surface area (Å²) in [5.41, 5.74) is 0.662. The molecule has 0 aromatic heterocycles. The number of anilines is 1. The van der Waals surface area contributed by atoms with Crippen LogP contribution >= 0.6 is 0 Å². The van der Waals surface area contributed by atoms with Crippen molar-refractivity contribution < 1.29 is 14.3 Å². The molecule has 1 atom stereocenters. The molecule has 6 nitrogen and oxygen atoms in total. The molecule has 2 rings (SSSR count). The average molecular weight is 305 g/mol. The fourth-order valence-corrected chi connectivity index (χ4v) is 2.68. The second-order valence-corrected chi connectivity index (χ2v) is 5.70. The number of rotatable bonds is 5. The van der Waals surface area contributed by atoms with Gasteiger partial charge in [0.05, 0.1) is 25.3 Å². The molecule has 1 aromatic carbocycles. The van der Waals surface area contributed by atoms with Crippen molar-refractivity contribution in [3.05, 3.63) is 24.3 Å².